The second-order valence-corrected chi connectivity index (χ2v) is 2.91. The fourth-order valence-electron chi connectivity index (χ4n) is 0. The van der Waals surface area contributed by atoms with Crippen LogP contribution < -0.4 is 0 Å². The molecule has 0 aliphatic rings. The summed E-state index contributed by atoms with van der Waals surface area (Å²) < 4.78 is 0.659. The van der Waals surface area contributed by atoms with Crippen molar-refractivity contribution in [3.8, 4) is 0 Å². The second kappa shape index (κ2) is 6.95. The van der Waals surface area contributed by atoms with E-state index < -0.39 is 0 Å². The molecule has 0 fully saturated rings. The van der Waals surface area contributed by atoms with Gasteiger partial charge in [0.05, 0.1) is 0 Å². The summed E-state index contributed by atoms with van der Waals surface area (Å²) in [5.41, 5.74) is 0. The van der Waals surface area contributed by atoms with Crippen molar-refractivity contribution < 1.29 is 5.11 Å². The first-order valence-electron chi connectivity index (χ1n) is 1.15. The summed E-state index contributed by atoms with van der Waals surface area (Å²) in [6, 6.07) is 0. The average Bonchev–Trinajstić information content (AvgIpc) is 1.38. The first-order valence-corrected chi connectivity index (χ1v) is 3.92. The number of aliphatic hydroxyl groups is 1. The van der Waals surface area contributed by atoms with Gasteiger partial charge in [0, 0.05) is 21.8 Å². The van der Waals surface area contributed by atoms with E-state index in [2.05, 4.69) is 22.6 Å². The molecule has 0 bridgehead atoms. The lowest BCUT2D eigenvalue weighted by Crippen LogP contribution is -1.91. The van der Waals surface area contributed by atoms with Crippen LogP contribution in [0, 0.1) is 0 Å². The summed E-state index contributed by atoms with van der Waals surface area (Å²) in [5.74, 6) is 0. The van der Waals surface area contributed by atoms with E-state index in [0.29, 0.717) is 0 Å². The molecule has 0 aromatic heterocycles. The molecule has 0 amide bonds. The van der Waals surface area contributed by atoms with Crippen molar-refractivity contribution in [2.45, 2.75) is 4.11 Å². The molecule has 0 saturated heterocycles. The van der Waals surface area contributed by atoms with E-state index in [-0.39, 0.29) is 21.5 Å². The van der Waals surface area contributed by atoms with Crippen LogP contribution in [0.25, 0.3) is 0 Å². The highest BCUT2D eigenvalue weighted by Crippen LogP contribution is 1.97. The lowest BCUT2D eigenvalue weighted by molar-refractivity contribution is 0.306. The highest BCUT2D eigenvalue weighted by Gasteiger charge is 1.86. The molecule has 0 rings (SSSR count). The van der Waals surface area contributed by atoms with Gasteiger partial charge in [-0.15, -0.1) is 0 Å². The molecule has 4 heteroatoms. The zero-order valence-corrected chi connectivity index (χ0v) is 8.53. The largest absolute Gasteiger partial charge is 0.382 e. The number of hydrogen-bond donors (Lipinski definition) is 1. The van der Waals surface area contributed by atoms with Crippen LogP contribution in [0.3, 0.4) is 0 Å². The Bertz CT molecular complexity index is 25.5. The van der Waals surface area contributed by atoms with E-state index >= 15 is 0 Å². The quantitative estimate of drug-likeness (QED) is 0.430. The molecule has 0 aliphatic heterocycles. The average molecular weight is 325 g/mol. The topological polar surface area (TPSA) is 20.2 Å². The third-order valence-electron chi connectivity index (χ3n) is 0.127. The summed E-state index contributed by atoms with van der Waals surface area (Å²) in [4.78, 5) is 0. The van der Waals surface area contributed by atoms with Gasteiger partial charge in [-0.1, -0.05) is 45.2 Å². The predicted octanol–water partition coefficient (Wildman–Crippen LogP) is 0.794. The summed E-state index contributed by atoms with van der Waals surface area (Å²) in [5, 5.41) is 8.34. The number of aliphatic hydroxyl groups excluding tert-OH is 1. The van der Waals surface area contributed by atoms with Crippen LogP contribution in [-0.4, -0.2) is 31.0 Å². The molecule has 1 N–H and O–H groups in total. The lowest BCUT2D eigenvalue weighted by atomic mass is 10.9. The Labute approximate surface area is 75.3 Å². The Kier molecular flexibility index (Phi) is 12.6. The Hall–Kier alpha value is 1.95. The van der Waals surface area contributed by atoms with Crippen LogP contribution >= 0.6 is 45.2 Å². The maximum atomic E-state index is 8.34. The molecule has 0 aliphatic carbocycles. The molecule has 6 heavy (non-hydrogen) atoms. The van der Waals surface area contributed by atoms with Crippen molar-refractivity contribution in [2.24, 2.45) is 0 Å². The van der Waals surface area contributed by atoms with E-state index in [1.807, 2.05) is 22.6 Å². The molecule has 0 aromatic rings. The SMILES string of the molecule is OC(I)CI.[Al]. The van der Waals surface area contributed by atoms with Gasteiger partial charge < -0.3 is 5.11 Å². The van der Waals surface area contributed by atoms with Crippen molar-refractivity contribution >= 4 is 62.5 Å². The standard InChI is InChI=1S/C2H4I2O.Al/c3-1-2(4)5;/h2,5H,1H2;. The van der Waals surface area contributed by atoms with Gasteiger partial charge >= 0.3 is 0 Å². The van der Waals surface area contributed by atoms with Gasteiger partial charge in [0.1, 0.15) is 4.11 Å². The highest BCUT2D eigenvalue weighted by molar-refractivity contribution is 14.1. The molecule has 0 heterocycles. The summed E-state index contributed by atoms with van der Waals surface area (Å²) in [7, 11) is 0. The van der Waals surface area contributed by atoms with E-state index in [1.54, 1.807) is 0 Å². The molecule has 1 unspecified atom stereocenters. The van der Waals surface area contributed by atoms with Crippen LogP contribution in [-0.2, 0) is 0 Å². The maximum Gasteiger partial charge on any atom is 0.114 e. The van der Waals surface area contributed by atoms with Gasteiger partial charge in [-0.25, -0.2) is 0 Å². The van der Waals surface area contributed by atoms with Crippen LogP contribution in [0.2, 0.25) is 0 Å². The minimum atomic E-state index is -0.159. The first kappa shape index (κ1) is 10.8. The smallest absolute Gasteiger partial charge is 0.114 e. The molecule has 0 saturated carbocycles. The molecule has 0 spiro atoms. The van der Waals surface area contributed by atoms with Crippen molar-refractivity contribution in [1.29, 1.82) is 0 Å². The van der Waals surface area contributed by atoms with Gasteiger partial charge in [-0.05, 0) is 0 Å². The van der Waals surface area contributed by atoms with E-state index in [4.69, 9.17) is 5.11 Å². The zero-order valence-electron chi connectivity index (χ0n) is 3.06. The van der Waals surface area contributed by atoms with Crippen LogP contribution in [0.4, 0.5) is 0 Å². The van der Waals surface area contributed by atoms with Gasteiger partial charge in [-0.3, -0.25) is 0 Å². The minimum Gasteiger partial charge on any atom is -0.382 e. The fourth-order valence-corrected chi connectivity index (χ4v) is 0. The third-order valence-corrected chi connectivity index (χ3v) is 3.09. The number of rotatable bonds is 1. The van der Waals surface area contributed by atoms with Gasteiger partial charge in [-0.2, -0.15) is 0 Å². The molecule has 1 nitrogen and oxygen atoms in total. The van der Waals surface area contributed by atoms with E-state index in [0.717, 1.165) is 4.43 Å². The maximum absolute atomic E-state index is 8.34. The molecule has 0 aromatic carbocycles. The number of hydrogen-bond acceptors (Lipinski definition) is 1. The molecule has 3 radical (unpaired) electrons. The predicted molar refractivity (Wildman–Crippen MR) is 44.7 cm³/mol. The monoisotopic (exact) mass is 325 g/mol. The number of alkyl halides is 2. The normalized spacial score (nSPS) is 12.5. The summed E-state index contributed by atoms with van der Waals surface area (Å²) in [6.07, 6.45) is 0. The fraction of sp³-hybridized carbons (Fsp3) is 1.00. The molecular formula is C2H4AlI2O. The second-order valence-electron chi connectivity index (χ2n) is 0.589. The van der Waals surface area contributed by atoms with Crippen molar-refractivity contribution in [1.82, 2.24) is 0 Å². The highest BCUT2D eigenvalue weighted by atomic mass is 127. The van der Waals surface area contributed by atoms with E-state index in [1.165, 1.54) is 0 Å². The Balaban J connectivity index is 0. The summed E-state index contributed by atoms with van der Waals surface area (Å²) in [6.45, 7) is 0. The first-order chi connectivity index (χ1) is 2.27. The Morgan fingerprint density at radius 3 is 1.83 bits per heavy atom. The van der Waals surface area contributed by atoms with E-state index in [9.17, 15) is 0 Å². The van der Waals surface area contributed by atoms with Crippen molar-refractivity contribution in [2.75, 3.05) is 4.43 Å². The van der Waals surface area contributed by atoms with Crippen molar-refractivity contribution in [3.05, 3.63) is 0 Å². The zero-order chi connectivity index (χ0) is 4.28. The van der Waals surface area contributed by atoms with Crippen LogP contribution in [0.1, 0.15) is 0 Å². The molecular weight excluding hydrogens is 321 g/mol. The third kappa shape index (κ3) is 9.35. The Morgan fingerprint density at radius 2 is 1.83 bits per heavy atom. The van der Waals surface area contributed by atoms with Crippen LogP contribution in [0.15, 0.2) is 0 Å². The lowest BCUT2D eigenvalue weighted by Gasteiger charge is -1.86. The van der Waals surface area contributed by atoms with Crippen LogP contribution in [0.5, 0.6) is 0 Å². The van der Waals surface area contributed by atoms with Crippen molar-refractivity contribution in [3.63, 3.8) is 0 Å². The van der Waals surface area contributed by atoms with Gasteiger partial charge in [0.15, 0.2) is 0 Å². The number of halogens is 2. The molecule has 1 atom stereocenters. The Morgan fingerprint density at radius 1 is 1.67 bits per heavy atom. The molecule has 35 valence electrons. The van der Waals surface area contributed by atoms with Gasteiger partial charge in [0.2, 0.25) is 0 Å². The van der Waals surface area contributed by atoms with Gasteiger partial charge in [0.25, 0.3) is 0 Å². The minimum absolute atomic E-state index is 0. The summed E-state index contributed by atoms with van der Waals surface area (Å²) >= 11 is 4.07.